The highest BCUT2D eigenvalue weighted by Gasteiger charge is 2.52. The third-order valence-corrected chi connectivity index (χ3v) is 23.7. The fraction of sp³-hybridized carbons (Fsp3) is 0.179. The summed E-state index contributed by atoms with van der Waals surface area (Å²) in [5.74, 6) is 0. The van der Waals surface area contributed by atoms with E-state index in [-0.39, 0.29) is 6.71 Å². The summed E-state index contributed by atoms with van der Waals surface area (Å²) in [7, 11) is -4.89. The lowest BCUT2D eigenvalue weighted by atomic mass is 9.36. The molecule has 294 valence electrons. The van der Waals surface area contributed by atoms with Gasteiger partial charge in [-0.1, -0.05) is 178 Å². The number of nitrogens with zero attached hydrogens (tertiary/aromatic N) is 2. The van der Waals surface area contributed by atoms with Gasteiger partial charge in [0.25, 0.3) is 0 Å². The number of rotatable bonds is 4. The van der Waals surface area contributed by atoms with Crippen LogP contribution in [0.3, 0.4) is 0 Å². The van der Waals surface area contributed by atoms with Crippen LogP contribution in [0.4, 0.5) is 0 Å². The lowest BCUT2D eigenvalue weighted by Crippen LogP contribution is -2.88. The van der Waals surface area contributed by atoms with Crippen LogP contribution < -0.4 is 42.3 Å². The van der Waals surface area contributed by atoms with Crippen LogP contribution >= 0.6 is 0 Å². The Labute approximate surface area is 361 Å². The van der Waals surface area contributed by atoms with Crippen LogP contribution in [0, 0.1) is 0 Å². The first kappa shape index (κ1) is 35.8. The Kier molecular flexibility index (Phi) is 7.67. The molecule has 0 radical (unpaired) electrons. The Hall–Kier alpha value is -5.88. The lowest BCUT2D eigenvalue weighted by Gasteiger charge is -2.47. The quantitative estimate of drug-likeness (QED) is 0.162. The van der Waals surface area contributed by atoms with Gasteiger partial charge in [0, 0.05) is 33.5 Å². The van der Waals surface area contributed by atoms with Gasteiger partial charge in [0.05, 0.1) is 11.0 Å². The minimum atomic E-state index is -2.56. The Bertz CT molecular complexity index is 3290. The number of para-hydroxylation sites is 2. The zero-order valence-electron chi connectivity index (χ0n) is 35.4. The molecule has 9 aromatic rings. The summed E-state index contributed by atoms with van der Waals surface area (Å²) in [6.45, 7) is 8.18. The number of aryl methyl sites for hydroxylation is 2. The predicted molar refractivity (Wildman–Crippen MR) is 265 cm³/mol. The molecule has 4 aliphatic rings. The molecule has 2 aliphatic heterocycles. The molecule has 61 heavy (non-hydrogen) atoms. The molecule has 0 saturated carbocycles. The van der Waals surface area contributed by atoms with Crippen LogP contribution in [-0.4, -0.2) is 32.0 Å². The molecule has 1 atom stereocenters. The molecule has 0 amide bonds. The fourth-order valence-corrected chi connectivity index (χ4v) is 20.4. The van der Waals surface area contributed by atoms with E-state index in [9.17, 15) is 0 Å². The van der Waals surface area contributed by atoms with E-state index in [1.807, 2.05) is 0 Å². The normalized spacial score (nSPS) is 18.1. The first-order valence-corrected chi connectivity index (χ1v) is 28.2. The second-order valence-corrected chi connectivity index (χ2v) is 27.3. The van der Waals surface area contributed by atoms with E-state index in [0.29, 0.717) is 0 Å². The van der Waals surface area contributed by atoms with Gasteiger partial charge in [-0.2, -0.15) is 0 Å². The number of hydrogen-bond acceptors (Lipinski definition) is 0. The lowest BCUT2D eigenvalue weighted by molar-refractivity contribution is 0.667. The van der Waals surface area contributed by atoms with Crippen molar-refractivity contribution >= 4 is 87.0 Å². The molecular formula is C56H49BN2Si2. The third-order valence-electron chi connectivity index (χ3n) is 15.7. The number of benzene rings is 7. The minimum absolute atomic E-state index is 0.161. The smallest absolute Gasteiger partial charge is 0.240 e. The largest absolute Gasteiger partial charge is 0.313 e. The SMILES string of the molecule is C[Si]1(C)c2cc(-n3c4c(c5ccccc53)CCC4)ccc2B2c3cc(-c4ccccc4)ccc3[Si](C)(c3ccccc3)c3cc(-n4c5c(c6ccccc64)CCCC5)cc1c32. The number of hydrogen-bond donors (Lipinski definition) is 0. The maximum absolute atomic E-state index is 2.72. The van der Waals surface area contributed by atoms with E-state index in [2.05, 4.69) is 187 Å². The summed E-state index contributed by atoms with van der Waals surface area (Å²) in [4.78, 5) is 0. The molecule has 0 N–H and O–H groups in total. The molecule has 2 aromatic heterocycles. The van der Waals surface area contributed by atoms with Crippen molar-refractivity contribution < 1.29 is 0 Å². The average Bonchev–Trinajstić information content (AvgIpc) is 4.01. The molecule has 0 fully saturated rings. The van der Waals surface area contributed by atoms with Crippen LogP contribution in [0.15, 0.2) is 158 Å². The van der Waals surface area contributed by atoms with Gasteiger partial charge in [-0.05, 0) is 109 Å². The van der Waals surface area contributed by atoms with Gasteiger partial charge in [-0.25, -0.2) is 0 Å². The van der Waals surface area contributed by atoms with E-state index in [1.165, 1.54) is 104 Å². The van der Waals surface area contributed by atoms with Crippen LogP contribution in [0.5, 0.6) is 0 Å². The average molecular weight is 817 g/mol. The van der Waals surface area contributed by atoms with Crippen molar-refractivity contribution in [1.29, 1.82) is 0 Å². The van der Waals surface area contributed by atoms with Crippen molar-refractivity contribution in [2.45, 2.75) is 64.6 Å². The molecule has 2 nitrogen and oxygen atoms in total. The van der Waals surface area contributed by atoms with Crippen LogP contribution in [-0.2, 0) is 25.7 Å². The summed E-state index contributed by atoms with van der Waals surface area (Å²) >= 11 is 0. The zero-order chi connectivity index (χ0) is 40.6. The summed E-state index contributed by atoms with van der Waals surface area (Å²) in [6.07, 6.45) is 8.40. The molecular weight excluding hydrogens is 768 g/mol. The fourth-order valence-electron chi connectivity index (χ4n) is 12.8. The van der Waals surface area contributed by atoms with E-state index in [0.717, 1.165) is 12.8 Å². The molecule has 4 heterocycles. The second-order valence-electron chi connectivity index (χ2n) is 19.1. The maximum atomic E-state index is 2.72. The van der Waals surface area contributed by atoms with Crippen LogP contribution in [0.25, 0.3) is 44.3 Å². The minimum Gasteiger partial charge on any atom is -0.313 e. The Balaban J connectivity index is 1.14. The highest BCUT2D eigenvalue weighted by molar-refractivity contribution is 7.24. The molecule has 13 rings (SSSR count). The molecule has 1 unspecified atom stereocenters. The van der Waals surface area contributed by atoms with Gasteiger partial charge in [0.15, 0.2) is 0 Å². The van der Waals surface area contributed by atoms with E-state index >= 15 is 0 Å². The Morgan fingerprint density at radius 2 is 1.03 bits per heavy atom. The van der Waals surface area contributed by atoms with E-state index < -0.39 is 16.1 Å². The summed E-state index contributed by atoms with van der Waals surface area (Å²) < 4.78 is 5.36. The van der Waals surface area contributed by atoms with Crippen molar-refractivity contribution in [2.24, 2.45) is 0 Å². The molecule has 0 spiro atoms. The van der Waals surface area contributed by atoms with Crippen molar-refractivity contribution in [3.05, 3.63) is 180 Å². The first-order valence-electron chi connectivity index (χ1n) is 22.7. The number of aromatic nitrogens is 2. The van der Waals surface area contributed by atoms with Crippen molar-refractivity contribution in [2.75, 3.05) is 0 Å². The molecule has 2 aliphatic carbocycles. The highest BCUT2D eigenvalue weighted by Crippen LogP contribution is 2.37. The molecule has 0 saturated heterocycles. The zero-order valence-corrected chi connectivity index (χ0v) is 37.4. The van der Waals surface area contributed by atoms with Crippen LogP contribution in [0.1, 0.15) is 41.8 Å². The highest BCUT2D eigenvalue weighted by atomic mass is 28.3. The van der Waals surface area contributed by atoms with Gasteiger partial charge in [0.2, 0.25) is 6.71 Å². The van der Waals surface area contributed by atoms with Gasteiger partial charge < -0.3 is 9.13 Å². The van der Waals surface area contributed by atoms with Crippen molar-refractivity contribution in [3.63, 3.8) is 0 Å². The van der Waals surface area contributed by atoms with Crippen molar-refractivity contribution in [3.8, 4) is 22.5 Å². The second kappa shape index (κ2) is 13.1. The number of fused-ring (bicyclic) bond motifs is 10. The summed E-state index contributed by atoms with van der Waals surface area (Å²) in [5, 5.41) is 10.8. The maximum Gasteiger partial charge on any atom is 0.240 e. The van der Waals surface area contributed by atoms with Gasteiger partial charge in [-0.15, -0.1) is 0 Å². The predicted octanol–water partition coefficient (Wildman–Crippen LogP) is 7.67. The molecule has 5 heteroatoms. The first-order chi connectivity index (χ1) is 29.9. The van der Waals surface area contributed by atoms with E-state index in [4.69, 9.17) is 0 Å². The Morgan fingerprint density at radius 3 is 1.77 bits per heavy atom. The summed E-state index contributed by atoms with van der Waals surface area (Å²) in [6, 6.07) is 61.9. The van der Waals surface area contributed by atoms with Crippen LogP contribution in [0.2, 0.25) is 19.6 Å². The van der Waals surface area contributed by atoms with E-state index in [1.54, 1.807) is 37.3 Å². The van der Waals surface area contributed by atoms with Gasteiger partial charge in [-0.3, -0.25) is 0 Å². The standard InChI is InChI=1S/C56H49BN2Si2/c1-60(2)53-34-39(58-48-25-13-10-23-44(48)45-24-16-28-51(45)58)30-31-46(53)57-47-33-38(37-17-6-4-7-18-37)29-32-52(47)61(3,41-19-8-5-9-20-41)55-36-40(35-54(60)56(55)57)59-49-26-14-11-21-42(49)43-22-12-15-27-50(43)59/h4-11,13-14,17-21,23,25-26,29-36H,12,15-16,22,24,27-28H2,1-3H3. The topological polar surface area (TPSA) is 9.86 Å². The Morgan fingerprint density at radius 1 is 0.443 bits per heavy atom. The van der Waals surface area contributed by atoms with Gasteiger partial charge in [0.1, 0.15) is 16.1 Å². The third kappa shape index (κ3) is 4.91. The molecule has 7 aromatic carbocycles. The van der Waals surface area contributed by atoms with Gasteiger partial charge >= 0.3 is 0 Å². The summed E-state index contributed by atoms with van der Waals surface area (Å²) in [5.41, 5.74) is 18.9. The monoisotopic (exact) mass is 816 g/mol. The van der Waals surface area contributed by atoms with Crippen molar-refractivity contribution in [1.82, 2.24) is 9.13 Å². The molecule has 0 bridgehead atoms.